The Hall–Kier alpha value is -2.05. The van der Waals surface area contributed by atoms with Crippen LogP contribution in [0, 0.1) is 0 Å². The van der Waals surface area contributed by atoms with Crippen molar-refractivity contribution in [2.45, 2.75) is 32.3 Å². The van der Waals surface area contributed by atoms with Crippen LogP contribution in [0.1, 0.15) is 37.1 Å². The molecule has 0 saturated heterocycles. The van der Waals surface area contributed by atoms with Gasteiger partial charge in [0.25, 0.3) is 0 Å². The monoisotopic (exact) mass is 375 g/mol. The fraction of sp³-hybridized carbons (Fsp3) is 0.450. The number of thiophene rings is 1. The highest BCUT2D eigenvalue weighted by atomic mass is 32.1. The maximum atomic E-state index is 10.6. The lowest BCUT2D eigenvalue weighted by Gasteiger charge is -2.21. The number of aliphatic imine (C=N–C) groups is 1. The van der Waals surface area contributed by atoms with Gasteiger partial charge in [0.05, 0.1) is 13.7 Å². The number of para-hydroxylation sites is 1. The summed E-state index contributed by atoms with van der Waals surface area (Å²) < 4.78 is 5.45. The third-order valence-electron chi connectivity index (χ3n) is 4.19. The molecule has 3 N–H and O–H groups in total. The molecule has 0 radical (unpaired) electrons. The summed E-state index contributed by atoms with van der Waals surface area (Å²) in [6, 6.07) is 11.9. The number of methoxy groups -OCH3 is 1. The normalized spacial score (nSPS) is 15.2. The first-order valence-corrected chi connectivity index (χ1v) is 9.77. The lowest BCUT2D eigenvalue weighted by atomic mass is 10.0. The van der Waals surface area contributed by atoms with E-state index >= 15 is 0 Å². The van der Waals surface area contributed by atoms with Crippen LogP contribution in [-0.4, -0.2) is 37.8 Å². The third kappa shape index (κ3) is 5.47. The molecular weight excluding hydrogens is 346 g/mol. The molecule has 1 aromatic carbocycles. The van der Waals surface area contributed by atoms with Crippen LogP contribution in [0.5, 0.6) is 5.75 Å². The standard InChI is InChI=1S/C20H29N3O2S/c1-5-21-19(23-14-20(3,24)18-11-8-12-26-18)22-13-15(2)16-9-6-7-10-17(16)25-4/h6-12,15,24H,5,13-14H2,1-4H3,(H2,21,22,23). The minimum absolute atomic E-state index is 0.257. The molecule has 142 valence electrons. The van der Waals surface area contributed by atoms with Crippen molar-refractivity contribution in [1.29, 1.82) is 0 Å². The van der Waals surface area contributed by atoms with Crippen LogP contribution in [-0.2, 0) is 5.60 Å². The number of nitrogens with one attached hydrogen (secondary N) is 2. The van der Waals surface area contributed by atoms with Crippen molar-refractivity contribution in [2.75, 3.05) is 26.7 Å². The second-order valence-electron chi connectivity index (χ2n) is 6.47. The first kappa shape index (κ1) is 20.3. The summed E-state index contributed by atoms with van der Waals surface area (Å²) in [7, 11) is 1.69. The Morgan fingerprint density at radius 3 is 2.69 bits per heavy atom. The molecule has 2 rings (SSSR count). The summed E-state index contributed by atoms with van der Waals surface area (Å²) in [6.45, 7) is 7.74. The van der Waals surface area contributed by atoms with Crippen LogP contribution in [0.2, 0.25) is 0 Å². The molecule has 1 heterocycles. The highest BCUT2D eigenvalue weighted by Gasteiger charge is 2.24. The number of aliphatic hydroxyl groups is 1. The van der Waals surface area contributed by atoms with Crippen LogP contribution in [0.15, 0.2) is 46.8 Å². The zero-order chi connectivity index (χ0) is 19.0. The van der Waals surface area contributed by atoms with Gasteiger partial charge in [-0.3, -0.25) is 0 Å². The van der Waals surface area contributed by atoms with Crippen LogP contribution in [0.3, 0.4) is 0 Å². The predicted molar refractivity (Wildman–Crippen MR) is 109 cm³/mol. The summed E-state index contributed by atoms with van der Waals surface area (Å²) in [5.41, 5.74) is 0.189. The van der Waals surface area contributed by atoms with E-state index in [4.69, 9.17) is 4.74 Å². The maximum Gasteiger partial charge on any atom is 0.191 e. The first-order valence-electron chi connectivity index (χ1n) is 8.89. The molecule has 2 unspecified atom stereocenters. The Morgan fingerprint density at radius 1 is 1.27 bits per heavy atom. The first-order chi connectivity index (χ1) is 12.5. The third-order valence-corrected chi connectivity index (χ3v) is 5.31. The van der Waals surface area contributed by atoms with Crippen molar-refractivity contribution in [3.63, 3.8) is 0 Å². The highest BCUT2D eigenvalue weighted by molar-refractivity contribution is 7.10. The van der Waals surface area contributed by atoms with Crippen LogP contribution >= 0.6 is 11.3 Å². The van der Waals surface area contributed by atoms with Crippen molar-refractivity contribution in [2.24, 2.45) is 4.99 Å². The van der Waals surface area contributed by atoms with E-state index in [0.717, 1.165) is 22.7 Å². The van der Waals surface area contributed by atoms with Gasteiger partial charge in [-0.15, -0.1) is 11.3 Å². The van der Waals surface area contributed by atoms with Crippen LogP contribution in [0.25, 0.3) is 0 Å². The van der Waals surface area contributed by atoms with Crippen molar-refractivity contribution in [3.05, 3.63) is 52.2 Å². The Balaban J connectivity index is 2.01. The fourth-order valence-electron chi connectivity index (χ4n) is 2.67. The SMILES string of the molecule is CCNC(=NCC(C)(O)c1cccs1)NCC(C)c1ccccc1OC. The molecule has 5 nitrogen and oxygen atoms in total. The van der Waals surface area contributed by atoms with Gasteiger partial charge in [0.1, 0.15) is 11.4 Å². The van der Waals surface area contributed by atoms with E-state index in [2.05, 4.69) is 28.6 Å². The fourth-order valence-corrected chi connectivity index (χ4v) is 3.45. The molecule has 6 heteroatoms. The predicted octanol–water partition coefficient (Wildman–Crippen LogP) is 3.32. The number of rotatable bonds is 8. The quantitative estimate of drug-likeness (QED) is 0.489. The number of nitrogens with zero attached hydrogens (tertiary/aromatic N) is 1. The van der Waals surface area contributed by atoms with Crippen molar-refractivity contribution in [3.8, 4) is 5.75 Å². The molecule has 0 fully saturated rings. The summed E-state index contributed by atoms with van der Waals surface area (Å²) in [5, 5.41) is 19.2. The molecule has 0 bridgehead atoms. The number of benzene rings is 1. The van der Waals surface area contributed by atoms with Crippen molar-refractivity contribution in [1.82, 2.24) is 10.6 Å². The largest absolute Gasteiger partial charge is 0.496 e. The number of hydrogen-bond acceptors (Lipinski definition) is 4. The summed E-state index contributed by atoms with van der Waals surface area (Å²) in [5.74, 6) is 1.85. The minimum atomic E-state index is -0.967. The van der Waals surface area contributed by atoms with Gasteiger partial charge in [0, 0.05) is 23.9 Å². The van der Waals surface area contributed by atoms with Gasteiger partial charge in [-0.25, -0.2) is 4.99 Å². The molecule has 1 aromatic heterocycles. The highest BCUT2D eigenvalue weighted by Crippen LogP contribution is 2.26. The molecule has 0 aliphatic rings. The lowest BCUT2D eigenvalue weighted by Crippen LogP contribution is -2.40. The van der Waals surface area contributed by atoms with Crippen molar-refractivity contribution < 1.29 is 9.84 Å². The topological polar surface area (TPSA) is 65.9 Å². The second-order valence-corrected chi connectivity index (χ2v) is 7.42. The van der Waals surface area contributed by atoms with Crippen LogP contribution < -0.4 is 15.4 Å². The Kier molecular flexibility index (Phi) is 7.48. The zero-order valence-electron chi connectivity index (χ0n) is 16.0. The van der Waals surface area contributed by atoms with Gasteiger partial charge in [-0.2, -0.15) is 0 Å². The molecule has 0 spiro atoms. The Bertz CT molecular complexity index is 699. The average molecular weight is 376 g/mol. The van der Waals surface area contributed by atoms with Gasteiger partial charge >= 0.3 is 0 Å². The van der Waals surface area contributed by atoms with E-state index in [-0.39, 0.29) is 5.92 Å². The van der Waals surface area contributed by atoms with Gasteiger partial charge in [-0.05, 0) is 36.9 Å². The second kappa shape index (κ2) is 9.59. The Labute approximate surface area is 160 Å². The van der Waals surface area contributed by atoms with Gasteiger partial charge in [0.2, 0.25) is 0 Å². The number of hydrogen-bond donors (Lipinski definition) is 3. The number of ether oxygens (including phenoxy) is 1. The number of guanidine groups is 1. The van der Waals surface area contributed by atoms with Gasteiger partial charge in [0.15, 0.2) is 5.96 Å². The molecule has 0 saturated carbocycles. The van der Waals surface area contributed by atoms with E-state index in [1.165, 1.54) is 0 Å². The molecular formula is C20H29N3O2S. The van der Waals surface area contributed by atoms with Crippen LogP contribution in [0.4, 0.5) is 0 Å². The van der Waals surface area contributed by atoms with E-state index in [9.17, 15) is 5.11 Å². The molecule has 0 amide bonds. The summed E-state index contributed by atoms with van der Waals surface area (Å²) >= 11 is 1.54. The molecule has 26 heavy (non-hydrogen) atoms. The Morgan fingerprint density at radius 2 is 2.04 bits per heavy atom. The average Bonchev–Trinajstić information content (AvgIpc) is 3.19. The minimum Gasteiger partial charge on any atom is -0.496 e. The van der Waals surface area contributed by atoms with E-state index in [1.54, 1.807) is 25.4 Å². The zero-order valence-corrected chi connectivity index (χ0v) is 16.8. The van der Waals surface area contributed by atoms with E-state index < -0.39 is 5.60 Å². The maximum absolute atomic E-state index is 10.6. The smallest absolute Gasteiger partial charge is 0.191 e. The summed E-state index contributed by atoms with van der Waals surface area (Å²) in [4.78, 5) is 5.49. The van der Waals surface area contributed by atoms with E-state index in [1.807, 2.05) is 42.6 Å². The van der Waals surface area contributed by atoms with Gasteiger partial charge < -0.3 is 20.5 Å². The lowest BCUT2D eigenvalue weighted by molar-refractivity contribution is 0.0711. The van der Waals surface area contributed by atoms with Crippen molar-refractivity contribution >= 4 is 17.3 Å². The van der Waals surface area contributed by atoms with Gasteiger partial charge in [-0.1, -0.05) is 31.2 Å². The molecule has 2 aromatic rings. The molecule has 0 aliphatic heterocycles. The molecule has 0 aliphatic carbocycles. The summed E-state index contributed by atoms with van der Waals surface area (Å²) in [6.07, 6.45) is 0. The van der Waals surface area contributed by atoms with E-state index in [0.29, 0.717) is 19.0 Å². The molecule has 2 atom stereocenters.